The van der Waals surface area contributed by atoms with Crippen LogP contribution in [0.15, 0.2) is 0 Å². The fourth-order valence-corrected chi connectivity index (χ4v) is 3.25. The Hall–Kier alpha value is -0.0800. The van der Waals surface area contributed by atoms with Crippen molar-refractivity contribution in [3.8, 4) is 0 Å². The first-order valence-electron chi connectivity index (χ1n) is 7.78. The number of nitrogens with one attached hydrogen (secondary N) is 1. The van der Waals surface area contributed by atoms with Gasteiger partial charge in [0.15, 0.2) is 0 Å². The van der Waals surface area contributed by atoms with Crippen molar-refractivity contribution in [1.82, 2.24) is 5.32 Å². The minimum Gasteiger partial charge on any atom is -0.377 e. The van der Waals surface area contributed by atoms with Gasteiger partial charge in [-0.25, -0.2) is 0 Å². The number of unbranched alkanes of at least 4 members (excludes halogenated alkanes) is 1. The average molecular weight is 255 g/mol. The van der Waals surface area contributed by atoms with E-state index in [4.69, 9.17) is 4.74 Å². The lowest BCUT2D eigenvalue weighted by atomic mass is 9.67. The van der Waals surface area contributed by atoms with E-state index in [9.17, 15) is 0 Å². The van der Waals surface area contributed by atoms with E-state index in [0.717, 1.165) is 6.54 Å². The van der Waals surface area contributed by atoms with Gasteiger partial charge >= 0.3 is 0 Å². The third-order valence-corrected chi connectivity index (χ3v) is 4.79. The van der Waals surface area contributed by atoms with Crippen LogP contribution in [0.3, 0.4) is 0 Å². The molecule has 0 aromatic carbocycles. The van der Waals surface area contributed by atoms with E-state index in [1.165, 1.54) is 44.9 Å². The third kappa shape index (κ3) is 3.96. The van der Waals surface area contributed by atoms with E-state index in [1.54, 1.807) is 0 Å². The van der Waals surface area contributed by atoms with Gasteiger partial charge in [-0.05, 0) is 44.1 Å². The lowest BCUT2D eigenvalue weighted by Crippen LogP contribution is -2.54. The van der Waals surface area contributed by atoms with Gasteiger partial charge in [-0.3, -0.25) is 0 Å². The third-order valence-electron chi connectivity index (χ3n) is 4.79. The number of rotatable bonds is 7. The molecule has 1 aliphatic rings. The smallest absolute Gasteiger partial charge is 0.0831 e. The Labute approximate surface area is 114 Å². The van der Waals surface area contributed by atoms with Gasteiger partial charge in [-0.1, -0.05) is 40.5 Å². The molecule has 108 valence electrons. The van der Waals surface area contributed by atoms with Crippen LogP contribution in [0.2, 0.25) is 0 Å². The average Bonchev–Trinajstić information content (AvgIpc) is 2.36. The number of ether oxygens (including phenoxy) is 1. The van der Waals surface area contributed by atoms with Crippen molar-refractivity contribution in [2.24, 2.45) is 5.41 Å². The summed E-state index contributed by atoms with van der Waals surface area (Å²) in [6.45, 7) is 10.3. The largest absolute Gasteiger partial charge is 0.377 e. The first kappa shape index (κ1) is 16.0. The van der Waals surface area contributed by atoms with Gasteiger partial charge in [0.05, 0.1) is 5.60 Å². The molecule has 1 aliphatic carbocycles. The van der Waals surface area contributed by atoms with Crippen LogP contribution in [0, 0.1) is 5.41 Å². The van der Waals surface area contributed by atoms with Crippen LogP contribution in [-0.4, -0.2) is 25.3 Å². The van der Waals surface area contributed by atoms with Gasteiger partial charge in [0, 0.05) is 13.2 Å². The molecule has 18 heavy (non-hydrogen) atoms. The van der Waals surface area contributed by atoms with Crippen LogP contribution < -0.4 is 5.32 Å². The molecule has 0 spiro atoms. The van der Waals surface area contributed by atoms with Crippen molar-refractivity contribution in [3.05, 3.63) is 0 Å². The first-order valence-corrected chi connectivity index (χ1v) is 7.78. The molecule has 1 rings (SSSR count). The van der Waals surface area contributed by atoms with Gasteiger partial charge in [-0.15, -0.1) is 0 Å². The molecule has 2 nitrogen and oxygen atoms in total. The molecule has 0 saturated heterocycles. The highest BCUT2D eigenvalue weighted by molar-refractivity contribution is 4.98. The lowest BCUT2D eigenvalue weighted by Gasteiger charge is -2.47. The van der Waals surface area contributed by atoms with Crippen LogP contribution in [0.1, 0.15) is 72.6 Å². The predicted octanol–water partition coefficient (Wildman–Crippen LogP) is 4.14. The van der Waals surface area contributed by atoms with Crippen molar-refractivity contribution in [2.75, 3.05) is 13.7 Å². The van der Waals surface area contributed by atoms with E-state index in [2.05, 4.69) is 33.0 Å². The molecule has 0 aromatic heterocycles. The SMILES string of the molecule is CCCCC(NCC)C1(OC)CCC(C)(C)CC1. The summed E-state index contributed by atoms with van der Waals surface area (Å²) in [5.74, 6) is 0. The van der Waals surface area contributed by atoms with Crippen LogP contribution in [0.25, 0.3) is 0 Å². The second kappa shape index (κ2) is 6.91. The quantitative estimate of drug-likeness (QED) is 0.738. The highest BCUT2D eigenvalue weighted by Crippen LogP contribution is 2.44. The second-order valence-electron chi connectivity index (χ2n) is 6.69. The maximum Gasteiger partial charge on any atom is 0.0831 e. The van der Waals surface area contributed by atoms with Crippen molar-refractivity contribution < 1.29 is 4.74 Å². The summed E-state index contributed by atoms with van der Waals surface area (Å²) in [5.41, 5.74) is 0.588. The molecule has 2 heteroatoms. The zero-order chi connectivity index (χ0) is 13.6. The van der Waals surface area contributed by atoms with Crippen LogP contribution in [-0.2, 0) is 4.74 Å². The molecular formula is C16H33NO. The minimum absolute atomic E-state index is 0.0840. The molecule has 1 saturated carbocycles. The molecule has 1 atom stereocenters. The van der Waals surface area contributed by atoms with Crippen molar-refractivity contribution in [1.29, 1.82) is 0 Å². The van der Waals surface area contributed by atoms with Crippen LogP contribution in [0.4, 0.5) is 0 Å². The maximum atomic E-state index is 6.02. The first-order chi connectivity index (χ1) is 8.49. The molecule has 0 aromatic rings. The van der Waals surface area contributed by atoms with Gasteiger partial charge in [0.1, 0.15) is 0 Å². The molecule has 0 aliphatic heterocycles. The Balaban J connectivity index is 2.70. The molecule has 1 fully saturated rings. The van der Waals surface area contributed by atoms with Crippen molar-refractivity contribution in [2.45, 2.75) is 84.3 Å². The summed E-state index contributed by atoms with van der Waals surface area (Å²) in [6.07, 6.45) is 8.80. The van der Waals surface area contributed by atoms with Crippen LogP contribution >= 0.6 is 0 Å². The van der Waals surface area contributed by atoms with E-state index in [0.29, 0.717) is 11.5 Å². The Morgan fingerprint density at radius 1 is 1.11 bits per heavy atom. The van der Waals surface area contributed by atoms with Crippen molar-refractivity contribution >= 4 is 0 Å². The van der Waals surface area contributed by atoms with E-state index in [-0.39, 0.29) is 5.60 Å². The van der Waals surface area contributed by atoms with Gasteiger partial charge in [0.25, 0.3) is 0 Å². The number of methoxy groups -OCH3 is 1. The number of likely N-dealkylation sites (N-methyl/N-ethyl adjacent to an activating group) is 1. The highest BCUT2D eigenvalue weighted by Gasteiger charge is 2.43. The van der Waals surface area contributed by atoms with E-state index >= 15 is 0 Å². The summed E-state index contributed by atoms with van der Waals surface area (Å²) in [6, 6.07) is 0.531. The zero-order valence-corrected chi connectivity index (χ0v) is 13.1. The van der Waals surface area contributed by atoms with E-state index in [1.807, 2.05) is 7.11 Å². The molecule has 0 heterocycles. The minimum atomic E-state index is 0.0840. The summed E-state index contributed by atoms with van der Waals surface area (Å²) in [4.78, 5) is 0. The Morgan fingerprint density at radius 2 is 1.72 bits per heavy atom. The van der Waals surface area contributed by atoms with Crippen molar-refractivity contribution in [3.63, 3.8) is 0 Å². The molecule has 0 radical (unpaired) electrons. The molecule has 0 amide bonds. The molecular weight excluding hydrogens is 222 g/mol. The van der Waals surface area contributed by atoms with E-state index < -0.39 is 0 Å². The Kier molecular flexibility index (Phi) is 6.13. The number of hydrogen-bond donors (Lipinski definition) is 1. The normalized spacial score (nSPS) is 23.8. The maximum absolute atomic E-state index is 6.02. The molecule has 0 bridgehead atoms. The predicted molar refractivity (Wildman–Crippen MR) is 79.0 cm³/mol. The fourth-order valence-electron chi connectivity index (χ4n) is 3.25. The van der Waals surface area contributed by atoms with Crippen LogP contribution in [0.5, 0.6) is 0 Å². The summed E-state index contributed by atoms with van der Waals surface area (Å²) >= 11 is 0. The fraction of sp³-hybridized carbons (Fsp3) is 1.00. The Morgan fingerprint density at radius 3 is 2.17 bits per heavy atom. The van der Waals surface area contributed by atoms with Gasteiger partial charge in [-0.2, -0.15) is 0 Å². The summed E-state index contributed by atoms with van der Waals surface area (Å²) in [5, 5.41) is 3.68. The topological polar surface area (TPSA) is 21.3 Å². The number of hydrogen-bond acceptors (Lipinski definition) is 2. The Bertz CT molecular complexity index is 227. The monoisotopic (exact) mass is 255 g/mol. The lowest BCUT2D eigenvalue weighted by molar-refractivity contribution is -0.0879. The standard InChI is InChI=1S/C16H33NO/c1-6-8-9-14(17-7-2)16(18-5)12-10-15(3,4)11-13-16/h14,17H,6-13H2,1-5H3. The van der Waals surface area contributed by atoms with Gasteiger partial charge in [0.2, 0.25) is 0 Å². The summed E-state index contributed by atoms with van der Waals surface area (Å²) in [7, 11) is 1.91. The second-order valence-corrected chi connectivity index (χ2v) is 6.69. The van der Waals surface area contributed by atoms with Gasteiger partial charge < -0.3 is 10.1 Å². The molecule has 1 unspecified atom stereocenters. The molecule has 1 N–H and O–H groups in total. The zero-order valence-electron chi connectivity index (χ0n) is 13.1. The highest BCUT2D eigenvalue weighted by atomic mass is 16.5. The summed E-state index contributed by atoms with van der Waals surface area (Å²) < 4.78 is 6.02.